The molecule has 0 aliphatic carbocycles. The minimum atomic E-state index is 1.01. The third-order valence-corrected chi connectivity index (χ3v) is 4.15. The average Bonchev–Trinajstić information content (AvgIpc) is 2.87. The van der Waals surface area contributed by atoms with E-state index in [4.69, 9.17) is 0 Å². The van der Waals surface area contributed by atoms with Gasteiger partial charge in [0.25, 0.3) is 0 Å². The van der Waals surface area contributed by atoms with Crippen LogP contribution in [0.5, 0.6) is 0 Å². The molecule has 0 spiro atoms. The Bertz CT molecular complexity index is 503. The van der Waals surface area contributed by atoms with Gasteiger partial charge in [-0.2, -0.15) is 0 Å². The molecule has 0 atom stereocenters. The van der Waals surface area contributed by atoms with Crippen LogP contribution in [0.1, 0.15) is 5.69 Å². The van der Waals surface area contributed by atoms with Crippen molar-refractivity contribution in [1.82, 2.24) is 9.97 Å². The average molecular weight is 260 g/mol. The number of aryl methyl sites for hydroxylation is 1. The molecule has 1 fully saturated rings. The Kier molecular flexibility index (Phi) is 3.15. The van der Waals surface area contributed by atoms with E-state index in [0.29, 0.717) is 0 Å². The first-order valence-electron chi connectivity index (χ1n) is 6.16. The number of pyridine rings is 1. The van der Waals surface area contributed by atoms with Crippen LogP contribution >= 0.6 is 11.3 Å². The number of hydrogen-bond donors (Lipinski definition) is 0. The van der Waals surface area contributed by atoms with Gasteiger partial charge in [0.1, 0.15) is 5.82 Å². The van der Waals surface area contributed by atoms with Crippen LogP contribution in [0.2, 0.25) is 0 Å². The molecule has 0 amide bonds. The fraction of sp³-hybridized carbons (Fsp3) is 0.385. The van der Waals surface area contributed by atoms with Gasteiger partial charge in [-0.05, 0) is 19.1 Å². The summed E-state index contributed by atoms with van der Waals surface area (Å²) in [7, 11) is 0. The zero-order valence-corrected chi connectivity index (χ0v) is 11.2. The number of thiazole rings is 1. The topological polar surface area (TPSA) is 32.3 Å². The Morgan fingerprint density at radius 1 is 1.11 bits per heavy atom. The van der Waals surface area contributed by atoms with Crippen LogP contribution in [-0.2, 0) is 0 Å². The van der Waals surface area contributed by atoms with Gasteiger partial charge < -0.3 is 9.80 Å². The fourth-order valence-electron chi connectivity index (χ4n) is 2.15. The lowest BCUT2D eigenvalue weighted by atomic mass is 10.3. The lowest BCUT2D eigenvalue weighted by Crippen LogP contribution is -2.46. The fourth-order valence-corrected chi connectivity index (χ4v) is 3.01. The first kappa shape index (κ1) is 11.5. The molecule has 18 heavy (non-hydrogen) atoms. The maximum Gasteiger partial charge on any atom is 0.185 e. The molecule has 1 aliphatic rings. The first-order chi connectivity index (χ1) is 8.83. The van der Waals surface area contributed by atoms with Crippen molar-refractivity contribution in [3.8, 4) is 0 Å². The van der Waals surface area contributed by atoms with E-state index in [9.17, 15) is 0 Å². The van der Waals surface area contributed by atoms with Gasteiger partial charge in [-0.3, -0.25) is 0 Å². The molecule has 5 heteroatoms. The highest BCUT2D eigenvalue weighted by Crippen LogP contribution is 2.22. The molecule has 1 aliphatic heterocycles. The third-order valence-electron chi connectivity index (χ3n) is 3.13. The number of piperazine rings is 1. The molecular weight excluding hydrogens is 244 g/mol. The maximum absolute atomic E-state index is 4.54. The van der Waals surface area contributed by atoms with Gasteiger partial charge >= 0.3 is 0 Å². The van der Waals surface area contributed by atoms with Gasteiger partial charge in [0, 0.05) is 37.8 Å². The monoisotopic (exact) mass is 260 g/mol. The lowest BCUT2D eigenvalue weighted by molar-refractivity contribution is 0.646. The van der Waals surface area contributed by atoms with Crippen LogP contribution in [0.4, 0.5) is 10.9 Å². The first-order valence-corrected chi connectivity index (χ1v) is 7.04. The van der Waals surface area contributed by atoms with Crippen molar-refractivity contribution in [2.75, 3.05) is 36.0 Å². The number of rotatable bonds is 2. The normalized spacial score (nSPS) is 16.1. The smallest absolute Gasteiger partial charge is 0.185 e. The summed E-state index contributed by atoms with van der Waals surface area (Å²) in [6.45, 7) is 6.10. The minimum Gasteiger partial charge on any atom is -0.353 e. The summed E-state index contributed by atoms with van der Waals surface area (Å²) in [4.78, 5) is 13.6. The van der Waals surface area contributed by atoms with Crippen LogP contribution in [0.3, 0.4) is 0 Å². The summed E-state index contributed by atoms with van der Waals surface area (Å²) in [5.74, 6) is 1.08. The highest BCUT2D eigenvalue weighted by Gasteiger charge is 2.19. The van der Waals surface area contributed by atoms with Gasteiger partial charge in [0.15, 0.2) is 5.13 Å². The summed E-state index contributed by atoms with van der Waals surface area (Å²) in [5.41, 5.74) is 1.11. The van der Waals surface area contributed by atoms with Crippen molar-refractivity contribution in [2.24, 2.45) is 0 Å². The van der Waals surface area contributed by atoms with Crippen LogP contribution in [0.25, 0.3) is 0 Å². The van der Waals surface area contributed by atoms with E-state index >= 15 is 0 Å². The van der Waals surface area contributed by atoms with Crippen molar-refractivity contribution in [3.63, 3.8) is 0 Å². The summed E-state index contributed by atoms with van der Waals surface area (Å²) >= 11 is 1.73. The number of nitrogens with zero attached hydrogens (tertiary/aromatic N) is 4. The standard InChI is InChI=1S/C13H16N4S/c1-11-10-18-13(15-11)17-8-6-16(7-9-17)12-4-2-3-5-14-12/h2-5,10H,6-9H2,1H3. The van der Waals surface area contributed by atoms with Crippen LogP contribution < -0.4 is 9.80 Å². The Labute approximate surface area is 111 Å². The summed E-state index contributed by atoms with van der Waals surface area (Å²) < 4.78 is 0. The lowest BCUT2D eigenvalue weighted by Gasteiger charge is -2.35. The van der Waals surface area contributed by atoms with Gasteiger partial charge in [-0.15, -0.1) is 11.3 Å². The van der Waals surface area contributed by atoms with Crippen molar-refractivity contribution in [1.29, 1.82) is 0 Å². The van der Waals surface area contributed by atoms with Crippen LogP contribution in [0, 0.1) is 6.92 Å². The van der Waals surface area contributed by atoms with Crippen molar-refractivity contribution in [2.45, 2.75) is 6.92 Å². The molecule has 0 radical (unpaired) electrons. The van der Waals surface area contributed by atoms with Crippen LogP contribution in [0.15, 0.2) is 29.8 Å². The Morgan fingerprint density at radius 2 is 1.89 bits per heavy atom. The van der Waals surface area contributed by atoms with Crippen molar-refractivity contribution < 1.29 is 0 Å². The molecule has 4 nitrogen and oxygen atoms in total. The van der Waals surface area contributed by atoms with Crippen molar-refractivity contribution >= 4 is 22.3 Å². The van der Waals surface area contributed by atoms with Gasteiger partial charge in [0.05, 0.1) is 5.69 Å². The number of hydrogen-bond acceptors (Lipinski definition) is 5. The summed E-state index contributed by atoms with van der Waals surface area (Å²) in [6, 6.07) is 6.07. The molecule has 0 bridgehead atoms. The van der Waals surface area contributed by atoms with Gasteiger partial charge in [-0.1, -0.05) is 6.07 Å². The van der Waals surface area contributed by atoms with E-state index in [0.717, 1.165) is 42.8 Å². The second-order valence-corrected chi connectivity index (χ2v) is 5.27. The zero-order chi connectivity index (χ0) is 12.4. The highest BCUT2D eigenvalue weighted by atomic mass is 32.1. The predicted molar refractivity (Wildman–Crippen MR) is 75.5 cm³/mol. The molecule has 0 unspecified atom stereocenters. The molecule has 2 aromatic rings. The Hall–Kier alpha value is -1.62. The Balaban J connectivity index is 1.65. The quantitative estimate of drug-likeness (QED) is 0.828. The number of aromatic nitrogens is 2. The predicted octanol–water partition coefficient (Wildman–Crippen LogP) is 2.17. The maximum atomic E-state index is 4.54. The van der Waals surface area contributed by atoms with E-state index in [1.807, 2.05) is 25.3 Å². The summed E-state index contributed by atoms with van der Waals surface area (Å²) in [5, 5.41) is 3.26. The highest BCUT2D eigenvalue weighted by molar-refractivity contribution is 7.13. The molecule has 0 saturated carbocycles. The molecule has 0 aromatic carbocycles. The van der Waals surface area contributed by atoms with Gasteiger partial charge in [-0.25, -0.2) is 9.97 Å². The van der Waals surface area contributed by atoms with Gasteiger partial charge in [0.2, 0.25) is 0 Å². The van der Waals surface area contributed by atoms with E-state index in [2.05, 4.69) is 31.2 Å². The molecule has 2 aromatic heterocycles. The molecule has 3 rings (SSSR count). The van der Waals surface area contributed by atoms with E-state index in [1.165, 1.54) is 0 Å². The zero-order valence-electron chi connectivity index (χ0n) is 10.4. The Morgan fingerprint density at radius 3 is 2.50 bits per heavy atom. The van der Waals surface area contributed by atoms with E-state index in [-0.39, 0.29) is 0 Å². The second-order valence-electron chi connectivity index (χ2n) is 4.43. The molecule has 0 N–H and O–H groups in total. The summed E-state index contributed by atoms with van der Waals surface area (Å²) in [6.07, 6.45) is 1.85. The molecule has 94 valence electrons. The van der Waals surface area contributed by atoms with E-state index < -0.39 is 0 Å². The molecular formula is C13H16N4S. The van der Waals surface area contributed by atoms with Crippen molar-refractivity contribution in [3.05, 3.63) is 35.5 Å². The minimum absolute atomic E-state index is 1.01. The SMILES string of the molecule is Cc1csc(N2CCN(c3ccccn3)CC2)n1. The molecule has 1 saturated heterocycles. The largest absolute Gasteiger partial charge is 0.353 e. The van der Waals surface area contributed by atoms with Crippen LogP contribution in [-0.4, -0.2) is 36.1 Å². The number of anilines is 2. The van der Waals surface area contributed by atoms with E-state index in [1.54, 1.807) is 11.3 Å². The second kappa shape index (κ2) is 4.94. The third kappa shape index (κ3) is 2.31. The molecule has 3 heterocycles.